The number of carbonyl (C=O) groups is 2. The second kappa shape index (κ2) is 8.04. The van der Waals surface area contributed by atoms with Gasteiger partial charge in [-0.15, -0.1) is 0 Å². The van der Waals surface area contributed by atoms with Crippen LogP contribution in [0.1, 0.15) is 54.9 Å². The van der Waals surface area contributed by atoms with Gasteiger partial charge >= 0.3 is 6.09 Å². The van der Waals surface area contributed by atoms with Crippen molar-refractivity contribution in [3.05, 3.63) is 46.8 Å². The number of rotatable bonds is 3. The van der Waals surface area contributed by atoms with Gasteiger partial charge in [-0.2, -0.15) is 5.10 Å². The minimum absolute atomic E-state index is 0.109. The number of hydrogen-bond donors (Lipinski definition) is 1. The first-order chi connectivity index (χ1) is 16.1. The van der Waals surface area contributed by atoms with Crippen LogP contribution in [0.3, 0.4) is 0 Å². The normalized spacial score (nSPS) is 23.5. The summed E-state index contributed by atoms with van der Waals surface area (Å²) in [7, 11) is 0. The number of fused-ring (bicyclic) bond motifs is 3. The molecule has 0 radical (unpaired) electrons. The lowest BCUT2D eigenvalue weighted by molar-refractivity contribution is -0.00261. The van der Waals surface area contributed by atoms with Gasteiger partial charge in [-0.3, -0.25) is 4.79 Å². The lowest BCUT2D eigenvalue weighted by Crippen LogP contribution is -2.58. The monoisotopic (exact) mass is 474 g/mol. The summed E-state index contributed by atoms with van der Waals surface area (Å²) in [5, 5.41) is 14.5. The summed E-state index contributed by atoms with van der Waals surface area (Å²) in [6.07, 6.45) is 1.16. The Morgan fingerprint density at radius 2 is 2.00 bits per heavy atom. The largest absolute Gasteiger partial charge is 0.444 e. The number of halogens is 2. The predicted molar refractivity (Wildman–Crippen MR) is 118 cm³/mol. The molecule has 182 valence electrons. The summed E-state index contributed by atoms with van der Waals surface area (Å²) in [5.74, 6) is -1.16. The molecule has 8 nitrogen and oxygen atoms in total. The van der Waals surface area contributed by atoms with E-state index in [2.05, 4.69) is 5.10 Å². The van der Waals surface area contributed by atoms with E-state index in [-0.39, 0.29) is 49.4 Å². The number of aliphatic hydroxyl groups excluding tert-OH is 1. The molecule has 2 aliphatic carbocycles. The molecular formula is C24H28F2N4O4. The first-order valence-electron chi connectivity index (χ1n) is 11.5. The fourth-order valence-corrected chi connectivity index (χ4v) is 5.03. The fourth-order valence-electron chi connectivity index (χ4n) is 5.03. The predicted octanol–water partition coefficient (Wildman–Crippen LogP) is 2.86. The van der Waals surface area contributed by atoms with Gasteiger partial charge in [0.05, 0.1) is 18.3 Å². The molecule has 2 heterocycles. The van der Waals surface area contributed by atoms with Crippen molar-refractivity contribution in [1.29, 1.82) is 0 Å². The molecule has 3 atom stereocenters. The van der Waals surface area contributed by atoms with Crippen LogP contribution in [-0.2, 0) is 11.2 Å². The summed E-state index contributed by atoms with van der Waals surface area (Å²) < 4.78 is 34.9. The first kappa shape index (κ1) is 22.8. The average molecular weight is 475 g/mol. The van der Waals surface area contributed by atoms with Gasteiger partial charge in [0.2, 0.25) is 0 Å². The first-order valence-corrected chi connectivity index (χ1v) is 11.5. The van der Waals surface area contributed by atoms with Crippen LogP contribution in [0.5, 0.6) is 0 Å². The molecular weight excluding hydrogens is 446 g/mol. The van der Waals surface area contributed by atoms with E-state index >= 15 is 0 Å². The Balaban J connectivity index is 1.42. The number of ether oxygens (including phenoxy) is 1. The highest BCUT2D eigenvalue weighted by atomic mass is 19.1. The SMILES string of the molecule is CC(C)(C)OC(=O)N1CCN(C(=O)c2nn(-c3ccc(F)cc3F)c3c2C[C@H]2C[C@@H]32)[C@H](CO)C1. The highest BCUT2D eigenvalue weighted by molar-refractivity contribution is 5.95. The summed E-state index contributed by atoms with van der Waals surface area (Å²) in [4.78, 5) is 29.1. The highest BCUT2D eigenvalue weighted by Crippen LogP contribution is 2.57. The zero-order valence-corrected chi connectivity index (χ0v) is 19.4. The molecule has 2 amide bonds. The Morgan fingerprint density at radius 1 is 1.24 bits per heavy atom. The van der Waals surface area contributed by atoms with Crippen LogP contribution in [0, 0.1) is 17.6 Å². The third-order valence-corrected chi connectivity index (χ3v) is 6.71. The lowest BCUT2D eigenvalue weighted by atomic mass is 10.1. The number of benzene rings is 1. The van der Waals surface area contributed by atoms with Crippen LogP contribution in [0.25, 0.3) is 5.69 Å². The van der Waals surface area contributed by atoms with Crippen LogP contribution >= 0.6 is 0 Å². The second-order valence-corrected chi connectivity index (χ2v) is 10.3. The minimum Gasteiger partial charge on any atom is -0.444 e. The van der Waals surface area contributed by atoms with E-state index in [0.717, 1.165) is 23.7 Å². The molecule has 0 spiro atoms. The number of aromatic nitrogens is 2. The molecule has 34 heavy (non-hydrogen) atoms. The van der Waals surface area contributed by atoms with Crippen molar-refractivity contribution in [2.24, 2.45) is 5.92 Å². The maximum Gasteiger partial charge on any atom is 0.410 e. The van der Waals surface area contributed by atoms with E-state index in [9.17, 15) is 23.5 Å². The lowest BCUT2D eigenvalue weighted by Gasteiger charge is -2.40. The molecule has 1 N–H and O–H groups in total. The standard InChI is InChI=1S/C24H28F2N4O4/c1-24(2,3)34-23(33)28-6-7-29(15(11-28)12-31)22(32)20-17-9-13-8-16(13)21(17)30(27-20)19-5-4-14(25)10-18(19)26/h4-5,10,13,15-16,31H,6-9,11-12H2,1-3H3/t13-,15+,16-/m1/s1. The maximum atomic E-state index is 14.6. The Kier molecular flexibility index (Phi) is 5.38. The van der Waals surface area contributed by atoms with Crippen molar-refractivity contribution in [2.75, 3.05) is 26.2 Å². The van der Waals surface area contributed by atoms with E-state index < -0.39 is 29.4 Å². The number of piperazine rings is 1. The van der Waals surface area contributed by atoms with Gasteiger partial charge in [0, 0.05) is 37.2 Å². The van der Waals surface area contributed by atoms with Crippen molar-refractivity contribution in [2.45, 2.75) is 51.2 Å². The molecule has 3 aliphatic rings. The van der Waals surface area contributed by atoms with E-state index in [1.54, 1.807) is 20.8 Å². The molecule has 1 aromatic heterocycles. The van der Waals surface area contributed by atoms with Gasteiger partial charge in [0.25, 0.3) is 5.91 Å². The van der Waals surface area contributed by atoms with Gasteiger partial charge in [0.15, 0.2) is 11.5 Å². The number of hydrogen-bond acceptors (Lipinski definition) is 5. The van der Waals surface area contributed by atoms with E-state index in [1.165, 1.54) is 26.6 Å². The van der Waals surface area contributed by atoms with Crippen LogP contribution in [0.2, 0.25) is 0 Å². The van der Waals surface area contributed by atoms with Crippen molar-refractivity contribution in [3.8, 4) is 5.69 Å². The van der Waals surface area contributed by atoms with Gasteiger partial charge in [-0.25, -0.2) is 18.3 Å². The van der Waals surface area contributed by atoms with E-state index in [4.69, 9.17) is 4.74 Å². The van der Waals surface area contributed by atoms with Gasteiger partial charge in [-0.05, 0) is 51.7 Å². The van der Waals surface area contributed by atoms with Crippen LogP contribution in [-0.4, -0.2) is 74.6 Å². The molecule has 1 saturated carbocycles. The number of nitrogens with zero attached hydrogens (tertiary/aromatic N) is 4. The zero-order valence-electron chi connectivity index (χ0n) is 19.4. The molecule has 0 unspecified atom stereocenters. The minimum atomic E-state index is -0.743. The molecule has 5 rings (SSSR count). The molecule has 2 fully saturated rings. The van der Waals surface area contributed by atoms with Crippen LogP contribution in [0.4, 0.5) is 13.6 Å². The molecule has 1 saturated heterocycles. The fraction of sp³-hybridized carbons (Fsp3) is 0.542. The Bertz CT molecular complexity index is 1160. The summed E-state index contributed by atoms with van der Waals surface area (Å²) in [6.45, 7) is 5.61. The van der Waals surface area contributed by atoms with Gasteiger partial charge in [-0.1, -0.05) is 0 Å². The molecule has 0 bridgehead atoms. The van der Waals surface area contributed by atoms with E-state index in [1.807, 2.05) is 0 Å². The summed E-state index contributed by atoms with van der Waals surface area (Å²) in [6, 6.07) is 2.69. The summed E-state index contributed by atoms with van der Waals surface area (Å²) >= 11 is 0. The molecule has 1 aliphatic heterocycles. The quantitative estimate of drug-likeness (QED) is 0.739. The van der Waals surface area contributed by atoms with Crippen molar-refractivity contribution in [3.63, 3.8) is 0 Å². The Labute approximate surface area is 196 Å². The summed E-state index contributed by atoms with van der Waals surface area (Å²) in [5.41, 5.74) is 1.30. The molecule has 10 heteroatoms. The molecule has 1 aromatic carbocycles. The van der Waals surface area contributed by atoms with Crippen molar-refractivity contribution in [1.82, 2.24) is 19.6 Å². The highest BCUT2D eigenvalue weighted by Gasteiger charge is 2.51. The second-order valence-electron chi connectivity index (χ2n) is 10.3. The number of carbonyl (C=O) groups excluding carboxylic acids is 2. The third-order valence-electron chi connectivity index (χ3n) is 6.71. The Morgan fingerprint density at radius 3 is 2.68 bits per heavy atom. The van der Waals surface area contributed by atoms with Gasteiger partial charge < -0.3 is 19.6 Å². The van der Waals surface area contributed by atoms with Crippen molar-refractivity contribution >= 4 is 12.0 Å². The number of aliphatic hydroxyl groups is 1. The van der Waals surface area contributed by atoms with Crippen LogP contribution in [0.15, 0.2) is 18.2 Å². The maximum absolute atomic E-state index is 14.6. The third kappa shape index (κ3) is 3.93. The van der Waals surface area contributed by atoms with Gasteiger partial charge in [0.1, 0.15) is 17.1 Å². The smallest absolute Gasteiger partial charge is 0.410 e. The van der Waals surface area contributed by atoms with Crippen LogP contribution < -0.4 is 0 Å². The van der Waals surface area contributed by atoms with E-state index in [0.29, 0.717) is 12.3 Å². The molecule has 2 aromatic rings. The average Bonchev–Trinajstić information content (AvgIpc) is 3.27. The number of amides is 2. The zero-order chi connectivity index (χ0) is 24.4. The topological polar surface area (TPSA) is 87.9 Å². The van der Waals surface area contributed by atoms with Crippen molar-refractivity contribution < 1.29 is 28.2 Å². The Hall–Kier alpha value is -3.01.